The third kappa shape index (κ3) is 51.6. The second kappa shape index (κ2) is 47.2. The van der Waals surface area contributed by atoms with E-state index in [9.17, 15) is 14.3 Å². The van der Waals surface area contributed by atoms with Gasteiger partial charge in [-0.25, -0.2) is 0 Å². The van der Waals surface area contributed by atoms with Gasteiger partial charge in [0.1, 0.15) is 19.3 Å². The number of quaternary nitrogens is 1. The molecule has 0 aromatic heterocycles. The summed E-state index contributed by atoms with van der Waals surface area (Å²) in [6, 6.07) is 0. The molecule has 0 aliphatic carbocycles. The van der Waals surface area contributed by atoms with Crippen LogP contribution in [0.3, 0.4) is 0 Å². The molecule has 8 nitrogen and oxygen atoms in total. The van der Waals surface area contributed by atoms with Gasteiger partial charge in [0, 0.05) is 13.0 Å². The quantitative estimate of drug-likeness (QED) is 0.0197. The van der Waals surface area contributed by atoms with Crippen LogP contribution in [0.15, 0.2) is 36.5 Å². The summed E-state index contributed by atoms with van der Waals surface area (Å²) in [6.07, 6.45) is 57.5. The molecule has 372 valence electrons. The minimum atomic E-state index is -4.53. The van der Waals surface area contributed by atoms with E-state index < -0.39 is 13.9 Å². The summed E-state index contributed by atoms with van der Waals surface area (Å²) in [7, 11) is 1.36. The number of allylic oxidation sites excluding steroid dienone is 6. The van der Waals surface area contributed by atoms with Crippen molar-refractivity contribution in [2.24, 2.45) is 0 Å². The zero-order chi connectivity index (χ0) is 46.2. The van der Waals surface area contributed by atoms with Crippen molar-refractivity contribution < 1.29 is 37.3 Å². The Morgan fingerprint density at radius 2 is 0.873 bits per heavy atom. The van der Waals surface area contributed by atoms with Crippen molar-refractivity contribution in [3.8, 4) is 0 Å². The van der Waals surface area contributed by atoms with Crippen LogP contribution in [0, 0.1) is 0 Å². The molecule has 0 bridgehead atoms. The van der Waals surface area contributed by atoms with Crippen LogP contribution in [0.2, 0.25) is 0 Å². The van der Waals surface area contributed by atoms with Crippen LogP contribution in [0.5, 0.6) is 0 Å². The number of phosphoric ester groups is 1. The number of rotatable bonds is 50. The lowest BCUT2D eigenvalue weighted by Crippen LogP contribution is -2.37. The van der Waals surface area contributed by atoms with Crippen LogP contribution in [0.1, 0.15) is 245 Å². The number of ether oxygens (including phenoxy) is 2. The molecule has 2 atom stereocenters. The smallest absolute Gasteiger partial charge is 0.306 e. The van der Waals surface area contributed by atoms with Gasteiger partial charge in [0.2, 0.25) is 0 Å². The standard InChI is InChI=1S/C54H104NO7P/c1-6-8-10-12-14-16-18-20-22-24-25-26-27-28-29-30-31-32-33-35-37-39-41-43-45-47-54(56)62-53(52-61-63(57,58)60-50-48-55(3,4)5)51-59-49-46-44-42-40-38-36-34-23-21-19-17-15-13-11-9-7-2/h15,17,21,23-25,53H,6-14,16,18-20,22,26-52H2,1-5H3/b17-15-,23-21-,25-24-. The van der Waals surface area contributed by atoms with Crippen molar-refractivity contribution >= 4 is 13.8 Å². The molecule has 0 heterocycles. The van der Waals surface area contributed by atoms with E-state index in [2.05, 4.69) is 50.3 Å². The van der Waals surface area contributed by atoms with Crippen LogP contribution >= 0.6 is 7.82 Å². The molecule has 0 rings (SSSR count). The Balaban J connectivity index is 4.07. The van der Waals surface area contributed by atoms with Gasteiger partial charge in [-0.2, -0.15) is 0 Å². The van der Waals surface area contributed by atoms with Gasteiger partial charge in [-0.3, -0.25) is 9.36 Å². The Morgan fingerprint density at radius 1 is 0.492 bits per heavy atom. The third-order valence-electron chi connectivity index (χ3n) is 11.7. The summed E-state index contributed by atoms with van der Waals surface area (Å²) in [5, 5.41) is 0. The van der Waals surface area contributed by atoms with Gasteiger partial charge in [0.05, 0.1) is 34.4 Å². The van der Waals surface area contributed by atoms with Crippen molar-refractivity contribution in [3.63, 3.8) is 0 Å². The number of carbonyl (C=O) groups excluding carboxylic acids is 1. The van der Waals surface area contributed by atoms with Gasteiger partial charge >= 0.3 is 5.97 Å². The van der Waals surface area contributed by atoms with Crippen molar-refractivity contribution in [2.45, 2.75) is 251 Å². The van der Waals surface area contributed by atoms with E-state index in [4.69, 9.17) is 18.5 Å². The maximum atomic E-state index is 12.8. The summed E-state index contributed by atoms with van der Waals surface area (Å²) >= 11 is 0. The maximum Gasteiger partial charge on any atom is 0.306 e. The first-order valence-corrected chi connectivity index (χ1v) is 28.2. The fraction of sp³-hybridized carbons (Fsp3) is 0.870. The zero-order valence-electron chi connectivity index (χ0n) is 42.3. The molecule has 0 fully saturated rings. The highest BCUT2D eigenvalue weighted by Gasteiger charge is 2.20. The van der Waals surface area contributed by atoms with Crippen molar-refractivity contribution in [3.05, 3.63) is 36.5 Å². The second-order valence-electron chi connectivity index (χ2n) is 19.2. The van der Waals surface area contributed by atoms with Gasteiger partial charge in [0.25, 0.3) is 7.82 Å². The monoisotopic (exact) mass is 910 g/mol. The molecule has 0 aliphatic heterocycles. The summed E-state index contributed by atoms with van der Waals surface area (Å²) in [5.74, 6) is -0.335. The van der Waals surface area contributed by atoms with E-state index in [0.717, 1.165) is 51.4 Å². The van der Waals surface area contributed by atoms with Crippen molar-refractivity contribution in [1.82, 2.24) is 0 Å². The molecule has 0 spiro atoms. The number of likely N-dealkylation sites (N-methyl/N-ethyl adjacent to an activating group) is 1. The van der Waals surface area contributed by atoms with Gasteiger partial charge < -0.3 is 27.9 Å². The lowest BCUT2D eigenvalue weighted by atomic mass is 10.0. The van der Waals surface area contributed by atoms with Gasteiger partial charge in [-0.05, 0) is 70.6 Å². The molecule has 0 aromatic carbocycles. The molecule has 63 heavy (non-hydrogen) atoms. The van der Waals surface area contributed by atoms with Crippen molar-refractivity contribution in [1.29, 1.82) is 0 Å². The summed E-state index contributed by atoms with van der Waals surface area (Å²) in [4.78, 5) is 25.2. The molecule has 2 unspecified atom stereocenters. The molecular formula is C54H104NO7P. The minimum Gasteiger partial charge on any atom is -0.756 e. The number of hydrogen-bond acceptors (Lipinski definition) is 7. The number of hydrogen-bond donors (Lipinski definition) is 0. The maximum absolute atomic E-state index is 12.8. The van der Waals surface area contributed by atoms with E-state index in [1.54, 1.807) is 0 Å². The molecule has 0 aromatic rings. The first-order valence-electron chi connectivity index (χ1n) is 26.7. The Kier molecular flexibility index (Phi) is 46.3. The molecule has 0 saturated carbocycles. The third-order valence-corrected chi connectivity index (χ3v) is 12.6. The van der Waals surface area contributed by atoms with E-state index in [1.807, 2.05) is 21.1 Å². The molecule has 0 aliphatic rings. The molecule has 0 saturated heterocycles. The van der Waals surface area contributed by atoms with E-state index in [0.29, 0.717) is 24.1 Å². The summed E-state index contributed by atoms with van der Waals surface area (Å²) in [5.41, 5.74) is 0. The van der Waals surface area contributed by atoms with Crippen LogP contribution in [-0.4, -0.2) is 70.7 Å². The van der Waals surface area contributed by atoms with E-state index in [-0.39, 0.29) is 25.8 Å². The van der Waals surface area contributed by atoms with E-state index >= 15 is 0 Å². The summed E-state index contributed by atoms with van der Waals surface area (Å²) < 4.78 is 34.7. The fourth-order valence-electron chi connectivity index (χ4n) is 7.51. The average molecular weight is 910 g/mol. The number of phosphoric acid groups is 1. The minimum absolute atomic E-state index is 0.0245. The number of unbranched alkanes of at least 4 members (excludes halogenated alkanes) is 30. The number of esters is 1. The first kappa shape index (κ1) is 61.7. The van der Waals surface area contributed by atoms with E-state index in [1.165, 1.54) is 173 Å². The highest BCUT2D eigenvalue weighted by atomic mass is 31.2. The predicted octanol–water partition coefficient (Wildman–Crippen LogP) is 15.9. The lowest BCUT2D eigenvalue weighted by molar-refractivity contribution is -0.870. The highest BCUT2D eigenvalue weighted by molar-refractivity contribution is 7.45. The topological polar surface area (TPSA) is 94.1 Å². The molecule has 9 heteroatoms. The summed E-state index contributed by atoms with van der Waals surface area (Å²) in [6.45, 7) is 5.40. The SMILES string of the molecule is CCCCC/C=C\C/C=C\CCCCCCCCOCC(COP(=O)([O-])OCC[N+](C)(C)C)OC(=O)CCCCCCCCCCCCCCC/C=C\CCCCCCCCCC. The molecular weight excluding hydrogens is 806 g/mol. The van der Waals surface area contributed by atoms with Gasteiger partial charge in [-0.15, -0.1) is 0 Å². The van der Waals surface area contributed by atoms with Crippen LogP contribution in [-0.2, 0) is 27.9 Å². The predicted molar refractivity (Wildman–Crippen MR) is 268 cm³/mol. The Bertz CT molecular complexity index is 1100. The fourth-order valence-corrected chi connectivity index (χ4v) is 8.24. The number of carbonyl (C=O) groups is 1. The number of nitrogens with zero attached hydrogens (tertiary/aromatic N) is 1. The zero-order valence-corrected chi connectivity index (χ0v) is 43.2. The Morgan fingerprint density at radius 3 is 1.33 bits per heavy atom. The van der Waals surface area contributed by atoms with Gasteiger partial charge in [0.15, 0.2) is 0 Å². The molecule has 0 amide bonds. The Hall–Kier alpha value is -1.28. The lowest BCUT2D eigenvalue weighted by Gasteiger charge is -2.28. The first-order chi connectivity index (χ1) is 30.6. The van der Waals surface area contributed by atoms with Crippen LogP contribution < -0.4 is 4.89 Å². The largest absolute Gasteiger partial charge is 0.756 e. The average Bonchev–Trinajstić information content (AvgIpc) is 3.24. The second-order valence-corrected chi connectivity index (χ2v) is 20.6. The van der Waals surface area contributed by atoms with Crippen molar-refractivity contribution in [2.75, 3.05) is 54.1 Å². The highest BCUT2D eigenvalue weighted by Crippen LogP contribution is 2.38. The normalized spacial score (nSPS) is 13.8. The van der Waals surface area contributed by atoms with Crippen LogP contribution in [0.25, 0.3) is 0 Å². The van der Waals surface area contributed by atoms with Crippen LogP contribution in [0.4, 0.5) is 0 Å². The van der Waals surface area contributed by atoms with Gasteiger partial charge in [-0.1, -0.05) is 204 Å². The Labute approximate surface area is 391 Å². The molecule has 0 N–H and O–H groups in total. The molecule has 0 radical (unpaired) electrons.